The van der Waals surface area contributed by atoms with Gasteiger partial charge in [-0.25, -0.2) is 8.42 Å². The van der Waals surface area contributed by atoms with Gasteiger partial charge in [-0.3, -0.25) is 14.9 Å². The lowest BCUT2D eigenvalue weighted by molar-refractivity contribution is -0.122. The summed E-state index contributed by atoms with van der Waals surface area (Å²) in [5, 5.41) is 7.25. The van der Waals surface area contributed by atoms with Gasteiger partial charge in [0.2, 0.25) is 11.8 Å². The highest BCUT2D eigenvalue weighted by molar-refractivity contribution is 8.00. The summed E-state index contributed by atoms with van der Waals surface area (Å²) >= 11 is 1.20. The first kappa shape index (κ1) is 22.3. The summed E-state index contributed by atoms with van der Waals surface area (Å²) in [4.78, 5) is 24.8. The fourth-order valence-corrected chi connectivity index (χ4v) is 5.31. The van der Waals surface area contributed by atoms with Crippen molar-refractivity contribution in [3.8, 4) is 0 Å². The van der Waals surface area contributed by atoms with Gasteiger partial charge in [-0.05, 0) is 56.2 Å². The molecular weight excluding hydrogens is 422 g/mol. The zero-order valence-electron chi connectivity index (χ0n) is 17.1. The van der Waals surface area contributed by atoms with E-state index in [0.717, 1.165) is 16.7 Å². The van der Waals surface area contributed by atoms with E-state index in [9.17, 15) is 18.0 Å². The van der Waals surface area contributed by atoms with Crippen molar-refractivity contribution in [3.63, 3.8) is 0 Å². The number of hydrogen-bond donors (Lipinski definition) is 3. The molecule has 2 atom stereocenters. The van der Waals surface area contributed by atoms with E-state index in [-0.39, 0.29) is 23.1 Å². The van der Waals surface area contributed by atoms with E-state index in [2.05, 4.69) is 16.0 Å². The second-order valence-corrected chi connectivity index (χ2v) is 10.5. The zero-order valence-corrected chi connectivity index (χ0v) is 18.7. The van der Waals surface area contributed by atoms with Gasteiger partial charge in [0.1, 0.15) is 5.50 Å². The maximum absolute atomic E-state index is 12.8. The predicted octanol–water partition coefficient (Wildman–Crippen LogP) is 2.13. The normalized spacial score (nSPS) is 19.2. The fourth-order valence-electron chi connectivity index (χ4n) is 3.00. The third-order valence-electron chi connectivity index (χ3n) is 4.95. The van der Waals surface area contributed by atoms with Gasteiger partial charge in [-0.2, -0.15) is 0 Å². The molecule has 2 aromatic rings. The first-order chi connectivity index (χ1) is 14.2. The van der Waals surface area contributed by atoms with Crippen LogP contribution in [0.3, 0.4) is 0 Å². The number of nitrogens with one attached hydrogen (secondary N) is 3. The van der Waals surface area contributed by atoms with E-state index in [1.807, 2.05) is 39.0 Å². The molecule has 0 aliphatic carbocycles. The van der Waals surface area contributed by atoms with Crippen LogP contribution in [0, 0.1) is 20.8 Å². The number of hydrogen-bond acceptors (Lipinski definition) is 6. The lowest BCUT2D eigenvalue weighted by Gasteiger charge is -2.29. The quantitative estimate of drug-likeness (QED) is 0.627. The van der Waals surface area contributed by atoms with E-state index < -0.39 is 26.5 Å². The highest BCUT2D eigenvalue weighted by atomic mass is 32.2. The van der Waals surface area contributed by atoms with Gasteiger partial charge in [0.05, 0.1) is 10.6 Å². The molecule has 7 nitrogen and oxygen atoms in total. The number of benzene rings is 2. The van der Waals surface area contributed by atoms with Crippen molar-refractivity contribution in [1.29, 1.82) is 0 Å². The van der Waals surface area contributed by atoms with E-state index in [1.165, 1.54) is 23.9 Å². The number of anilines is 1. The van der Waals surface area contributed by atoms with Crippen molar-refractivity contribution < 1.29 is 18.0 Å². The fraction of sp³-hybridized carbons (Fsp3) is 0.333. The minimum absolute atomic E-state index is 0.0154. The molecule has 2 aromatic carbocycles. The van der Waals surface area contributed by atoms with Crippen LogP contribution in [0.5, 0.6) is 0 Å². The highest BCUT2D eigenvalue weighted by Gasteiger charge is 2.38. The van der Waals surface area contributed by atoms with Crippen LogP contribution in [0.25, 0.3) is 0 Å². The molecular formula is C21H25N3O4S2. The Hall–Kier alpha value is -2.36. The largest absolute Gasteiger partial charge is 0.331 e. The SMILES string of the molecule is Cc1ccc(S(=O)(=O)C2CNC(SCC(=O)Nc3ccc(C)c(C)c3)NC2=O)cc1. The molecule has 1 heterocycles. The van der Waals surface area contributed by atoms with Crippen molar-refractivity contribution in [2.75, 3.05) is 17.6 Å². The number of thioether (sulfide) groups is 1. The Labute approximate surface area is 180 Å². The number of amides is 2. The summed E-state index contributed by atoms with van der Waals surface area (Å²) < 4.78 is 25.5. The molecule has 1 aliphatic rings. The van der Waals surface area contributed by atoms with Crippen molar-refractivity contribution in [3.05, 3.63) is 59.2 Å². The van der Waals surface area contributed by atoms with Crippen LogP contribution in [0.2, 0.25) is 0 Å². The summed E-state index contributed by atoms with van der Waals surface area (Å²) in [6, 6.07) is 12.1. The maximum atomic E-state index is 12.8. The number of aryl methyl sites for hydroxylation is 3. The summed E-state index contributed by atoms with van der Waals surface area (Å²) in [5.74, 6) is -0.657. The second kappa shape index (κ2) is 9.20. The van der Waals surface area contributed by atoms with Gasteiger partial charge in [0.15, 0.2) is 15.1 Å². The molecule has 2 unspecified atom stereocenters. The van der Waals surface area contributed by atoms with Gasteiger partial charge < -0.3 is 10.6 Å². The molecule has 1 fully saturated rings. The van der Waals surface area contributed by atoms with E-state index in [1.54, 1.807) is 12.1 Å². The Morgan fingerprint density at radius 3 is 2.43 bits per heavy atom. The van der Waals surface area contributed by atoms with Gasteiger partial charge in [0.25, 0.3) is 0 Å². The van der Waals surface area contributed by atoms with Crippen LogP contribution in [0.4, 0.5) is 5.69 Å². The predicted molar refractivity (Wildman–Crippen MR) is 119 cm³/mol. The minimum atomic E-state index is -3.79. The summed E-state index contributed by atoms with van der Waals surface area (Å²) in [6.07, 6.45) is 0. The first-order valence-corrected chi connectivity index (χ1v) is 12.1. The van der Waals surface area contributed by atoms with Crippen LogP contribution >= 0.6 is 11.8 Å². The molecule has 9 heteroatoms. The standard InChI is InChI=1S/C21H25N3O4S2/c1-13-4-8-17(9-5-13)30(27,28)18-11-22-21(24-20(18)26)29-12-19(25)23-16-7-6-14(2)15(3)10-16/h4-10,18,21-22H,11-12H2,1-3H3,(H,23,25)(H,24,26). The number of carbonyl (C=O) groups excluding carboxylic acids is 2. The molecule has 0 saturated carbocycles. The first-order valence-electron chi connectivity index (χ1n) is 9.50. The van der Waals surface area contributed by atoms with Crippen LogP contribution in [-0.4, -0.2) is 43.3 Å². The molecule has 2 amide bonds. The lowest BCUT2D eigenvalue weighted by Crippen LogP contribution is -2.59. The van der Waals surface area contributed by atoms with Crippen LogP contribution in [0.15, 0.2) is 47.4 Å². The van der Waals surface area contributed by atoms with E-state index >= 15 is 0 Å². The van der Waals surface area contributed by atoms with Crippen molar-refractivity contribution >= 4 is 39.1 Å². The van der Waals surface area contributed by atoms with Gasteiger partial charge in [-0.1, -0.05) is 23.8 Å². The Balaban J connectivity index is 1.54. The topological polar surface area (TPSA) is 104 Å². The molecule has 0 radical (unpaired) electrons. The molecule has 160 valence electrons. The maximum Gasteiger partial charge on any atom is 0.241 e. The average Bonchev–Trinajstić information content (AvgIpc) is 2.69. The second-order valence-electron chi connectivity index (χ2n) is 7.30. The van der Waals surface area contributed by atoms with E-state index in [4.69, 9.17) is 0 Å². The molecule has 3 N–H and O–H groups in total. The van der Waals surface area contributed by atoms with Crippen LogP contribution in [-0.2, 0) is 19.4 Å². The van der Waals surface area contributed by atoms with Crippen LogP contribution < -0.4 is 16.0 Å². The monoisotopic (exact) mass is 447 g/mol. The summed E-state index contributed by atoms with van der Waals surface area (Å²) in [5.41, 5.74) is 3.35. The molecule has 1 saturated heterocycles. The summed E-state index contributed by atoms with van der Waals surface area (Å²) in [6.45, 7) is 5.82. The third kappa shape index (κ3) is 5.21. The Morgan fingerprint density at radius 2 is 1.80 bits per heavy atom. The highest BCUT2D eigenvalue weighted by Crippen LogP contribution is 2.21. The molecule has 30 heavy (non-hydrogen) atoms. The zero-order chi connectivity index (χ0) is 21.9. The van der Waals surface area contributed by atoms with Gasteiger partial charge >= 0.3 is 0 Å². The van der Waals surface area contributed by atoms with Crippen LogP contribution in [0.1, 0.15) is 16.7 Å². The van der Waals surface area contributed by atoms with Crippen molar-refractivity contribution in [2.45, 2.75) is 36.4 Å². The number of sulfone groups is 1. The van der Waals surface area contributed by atoms with E-state index in [0.29, 0.717) is 5.69 Å². The summed E-state index contributed by atoms with van der Waals surface area (Å²) in [7, 11) is -3.79. The Morgan fingerprint density at radius 1 is 1.10 bits per heavy atom. The number of rotatable bonds is 6. The molecule has 0 bridgehead atoms. The third-order valence-corrected chi connectivity index (χ3v) is 8.06. The average molecular weight is 448 g/mol. The molecule has 3 rings (SSSR count). The molecule has 0 spiro atoms. The van der Waals surface area contributed by atoms with Gasteiger partial charge in [0, 0.05) is 12.2 Å². The lowest BCUT2D eigenvalue weighted by atomic mass is 10.1. The Kier molecular flexibility index (Phi) is 6.84. The molecule has 0 aromatic heterocycles. The smallest absolute Gasteiger partial charge is 0.241 e. The number of carbonyl (C=O) groups is 2. The Bertz CT molecular complexity index is 1050. The van der Waals surface area contributed by atoms with Gasteiger partial charge in [-0.15, -0.1) is 11.8 Å². The van der Waals surface area contributed by atoms with Crippen molar-refractivity contribution in [2.24, 2.45) is 0 Å². The minimum Gasteiger partial charge on any atom is -0.331 e. The molecule has 1 aliphatic heterocycles. The van der Waals surface area contributed by atoms with Crippen molar-refractivity contribution in [1.82, 2.24) is 10.6 Å².